The first kappa shape index (κ1) is 9.21. The summed E-state index contributed by atoms with van der Waals surface area (Å²) in [6.45, 7) is 3.90. The largest absolute Gasteiger partial charge is 0.461 e. The molecule has 3 nitrogen and oxygen atoms in total. The van der Waals surface area contributed by atoms with E-state index in [-0.39, 0.29) is 5.63 Å². The lowest BCUT2D eigenvalue weighted by Gasteiger charge is -2.00. The molecule has 0 unspecified atom stereocenters. The van der Waals surface area contributed by atoms with Crippen LogP contribution in [-0.2, 0) is 0 Å². The molecule has 0 atom stereocenters. The Labute approximate surface area is 91.3 Å². The SMILES string of the molecule is Cc1cc2c(C)c3ccc(=O)oc3cc2o1. The molecule has 2 aromatic heterocycles. The van der Waals surface area contributed by atoms with E-state index in [4.69, 9.17) is 8.83 Å². The summed E-state index contributed by atoms with van der Waals surface area (Å²) in [5.74, 6) is 0.857. The van der Waals surface area contributed by atoms with Crippen LogP contribution in [0.3, 0.4) is 0 Å². The number of furan rings is 1. The maximum absolute atomic E-state index is 11.1. The molecule has 80 valence electrons. The van der Waals surface area contributed by atoms with E-state index in [1.54, 1.807) is 12.1 Å². The van der Waals surface area contributed by atoms with Crippen LogP contribution in [0.4, 0.5) is 0 Å². The zero-order chi connectivity index (χ0) is 11.3. The number of aryl methyl sites for hydroxylation is 2. The van der Waals surface area contributed by atoms with Gasteiger partial charge in [-0.2, -0.15) is 0 Å². The Bertz CT molecular complexity index is 747. The fraction of sp³-hybridized carbons (Fsp3) is 0.154. The van der Waals surface area contributed by atoms with Gasteiger partial charge in [0.2, 0.25) is 0 Å². The standard InChI is InChI=1S/C13H10O3/c1-7-5-10-8(2)9-3-4-13(14)16-11(9)6-12(10)15-7/h3-6H,1-2H3. The van der Waals surface area contributed by atoms with E-state index in [9.17, 15) is 4.79 Å². The molecule has 0 aliphatic heterocycles. The summed E-state index contributed by atoms with van der Waals surface area (Å²) in [5, 5.41) is 2.02. The minimum absolute atomic E-state index is 0.338. The molecule has 0 aliphatic rings. The van der Waals surface area contributed by atoms with E-state index in [1.165, 1.54) is 6.07 Å². The minimum Gasteiger partial charge on any atom is -0.461 e. The van der Waals surface area contributed by atoms with Crippen molar-refractivity contribution in [3.8, 4) is 0 Å². The number of benzene rings is 1. The van der Waals surface area contributed by atoms with Crippen molar-refractivity contribution in [3.63, 3.8) is 0 Å². The third kappa shape index (κ3) is 1.18. The first-order valence-electron chi connectivity index (χ1n) is 5.09. The summed E-state index contributed by atoms with van der Waals surface area (Å²) in [6.07, 6.45) is 0. The third-order valence-electron chi connectivity index (χ3n) is 2.82. The van der Waals surface area contributed by atoms with E-state index in [2.05, 4.69) is 0 Å². The number of hydrogen-bond acceptors (Lipinski definition) is 3. The molecule has 3 rings (SSSR count). The molecule has 0 aliphatic carbocycles. The fourth-order valence-electron chi connectivity index (χ4n) is 2.04. The molecule has 0 saturated carbocycles. The lowest BCUT2D eigenvalue weighted by atomic mass is 10.1. The molecule has 1 aromatic carbocycles. The molecule has 2 heterocycles. The smallest absolute Gasteiger partial charge is 0.336 e. The van der Waals surface area contributed by atoms with E-state index < -0.39 is 0 Å². The average molecular weight is 214 g/mol. The number of hydrogen-bond donors (Lipinski definition) is 0. The quantitative estimate of drug-likeness (QED) is 0.540. The summed E-state index contributed by atoms with van der Waals surface area (Å²) in [7, 11) is 0. The molecule has 0 amide bonds. The third-order valence-corrected chi connectivity index (χ3v) is 2.82. The summed E-state index contributed by atoms with van der Waals surface area (Å²) in [6, 6.07) is 6.99. The van der Waals surface area contributed by atoms with Gasteiger partial charge < -0.3 is 8.83 Å². The summed E-state index contributed by atoms with van der Waals surface area (Å²) in [4.78, 5) is 11.1. The van der Waals surface area contributed by atoms with Gasteiger partial charge in [0.15, 0.2) is 0 Å². The van der Waals surface area contributed by atoms with E-state index in [0.29, 0.717) is 5.58 Å². The van der Waals surface area contributed by atoms with E-state index >= 15 is 0 Å². The maximum Gasteiger partial charge on any atom is 0.336 e. The van der Waals surface area contributed by atoms with Gasteiger partial charge in [-0.15, -0.1) is 0 Å². The van der Waals surface area contributed by atoms with Crippen molar-refractivity contribution in [1.29, 1.82) is 0 Å². The molecule has 16 heavy (non-hydrogen) atoms. The topological polar surface area (TPSA) is 43.4 Å². The first-order chi connectivity index (χ1) is 7.65. The van der Waals surface area contributed by atoms with Crippen LogP contribution in [0.1, 0.15) is 11.3 Å². The Hall–Kier alpha value is -2.03. The Morgan fingerprint density at radius 3 is 2.50 bits per heavy atom. The lowest BCUT2D eigenvalue weighted by molar-refractivity contribution is 0.556. The van der Waals surface area contributed by atoms with Crippen molar-refractivity contribution < 1.29 is 8.83 Å². The zero-order valence-electron chi connectivity index (χ0n) is 9.03. The molecule has 0 spiro atoms. The van der Waals surface area contributed by atoms with Crippen LogP contribution in [0.2, 0.25) is 0 Å². The summed E-state index contributed by atoms with van der Waals surface area (Å²) < 4.78 is 10.7. The van der Waals surface area contributed by atoms with Gasteiger partial charge in [-0.25, -0.2) is 4.79 Å². The number of rotatable bonds is 0. The lowest BCUT2D eigenvalue weighted by Crippen LogP contribution is -1.95. The van der Waals surface area contributed by atoms with E-state index in [0.717, 1.165) is 27.7 Å². The highest BCUT2D eigenvalue weighted by atomic mass is 16.4. The van der Waals surface area contributed by atoms with Crippen molar-refractivity contribution in [3.05, 3.63) is 46.0 Å². The molecule has 3 aromatic rings. The second-order valence-electron chi connectivity index (χ2n) is 3.94. The van der Waals surface area contributed by atoms with Crippen LogP contribution in [0, 0.1) is 13.8 Å². The predicted molar refractivity (Wildman–Crippen MR) is 61.7 cm³/mol. The van der Waals surface area contributed by atoms with Crippen molar-refractivity contribution in [2.45, 2.75) is 13.8 Å². The summed E-state index contributed by atoms with van der Waals surface area (Å²) >= 11 is 0. The predicted octanol–water partition coefficient (Wildman–Crippen LogP) is 3.16. The minimum atomic E-state index is -0.338. The first-order valence-corrected chi connectivity index (χ1v) is 5.09. The second-order valence-corrected chi connectivity index (χ2v) is 3.94. The van der Waals surface area contributed by atoms with Crippen LogP contribution in [0.15, 0.2) is 37.9 Å². The van der Waals surface area contributed by atoms with Gasteiger partial charge in [0.05, 0.1) is 0 Å². The van der Waals surface area contributed by atoms with E-state index in [1.807, 2.05) is 19.9 Å². The van der Waals surface area contributed by atoms with Crippen LogP contribution in [-0.4, -0.2) is 0 Å². The van der Waals surface area contributed by atoms with Gasteiger partial charge in [-0.1, -0.05) is 0 Å². The molecular formula is C13H10O3. The average Bonchev–Trinajstić information content (AvgIpc) is 2.59. The van der Waals surface area contributed by atoms with Gasteiger partial charge in [0, 0.05) is 22.9 Å². The number of fused-ring (bicyclic) bond motifs is 2. The van der Waals surface area contributed by atoms with Gasteiger partial charge in [0.25, 0.3) is 0 Å². The van der Waals surface area contributed by atoms with Crippen molar-refractivity contribution in [2.75, 3.05) is 0 Å². The van der Waals surface area contributed by atoms with Crippen molar-refractivity contribution >= 4 is 21.9 Å². The molecule has 0 N–H and O–H groups in total. The highest BCUT2D eigenvalue weighted by Gasteiger charge is 2.09. The van der Waals surface area contributed by atoms with Gasteiger partial charge in [-0.05, 0) is 31.5 Å². The second kappa shape index (κ2) is 2.98. The van der Waals surface area contributed by atoms with Crippen LogP contribution < -0.4 is 5.63 Å². The zero-order valence-corrected chi connectivity index (χ0v) is 9.03. The van der Waals surface area contributed by atoms with Crippen molar-refractivity contribution in [2.24, 2.45) is 0 Å². The molecule has 0 fully saturated rings. The van der Waals surface area contributed by atoms with Gasteiger partial charge in [0.1, 0.15) is 16.9 Å². The normalized spacial score (nSPS) is 11.4. The Kier molecular flexibility index (Phi) is 1.72. The van der Waals surface area contributed by atoms with Crippen LogP contribution in [0.25, 0.3) is 21.9 Å². The molecule has 3 heteroatoms. The van der Waals surface area contributed by atoms with Crippen molar-refractivity contribution in [1.82, 2.24) is 0 Å². The molecule has 0 saturated heterocycles. The Morgan fingerprint density at radius 2 is 1.69 bits per heavy atom. The van der Waals surface area contributed by atoms with Gasteiger partial charge in [-0.3, -0.25) is 0 Å². The fourth-order valence-corrected chi connectivity index (χ4v) is 2.04. The monoisotopic (exact) mass is 214 g/mol. The maximum atomic E-state index is 11.1. The Morgan fingerprint density at radius 1 is 0.938 bits per heavy atom. The Balaban J connectivity index is 2.59. The highest BCUT2D eigenvalue weighted by molar-refractivity contribution is 5.97. The summed E-state index contributed by atoms with van der Waals surface area (Å²) in [5.41, 5.74) is 2.08. The molecule has 0 bridgehead atoms. The highest BCUT2D eigenvalue weighted by Crippen LogP contribution is 2.29. The van der Waals surface area contributed by atoms with Crippen LogP contribution in [0.5, 0.6) is 0 Å². The van der Waals surface area contributed by atoms with Crippen LogP contribution >= 0.6 is 0 Å². The molecular weight excluding hydrogens is 204 g/mol. The van der Waals surface area contributed by atoms with Gasteiger partial charge >= 0.3 is 5.63 Å². The molecule has 0 radical (unpaired) electrons.